The lowest BCUT2D eigenvalue weighted by atomic mass is 10.2. The fourth-order valence-corrected chi connectivity index (χ4v) is 6.76. The molecule has 0 aliphatic carbocycles. The van der Waals surface area contributed by atoms with E-state index in [9.17, 15) is 17.6 Å². The number of hydrogen-bond donors (Lipinski definition) is 0. The van der Waals surface area contributed by atoms with Gasteiger partial charge in [-0.25, -0.2) is 17.8 Å². The van der Waals surface area contributed by atoms with E-state index >= 15 is 0 Å². The fraction of sp³-hybridized carbons (Fsp3) is 0.391. The largest absolute Gasteiger partial charge is 0.376 e. The molecule has 174 valence electrons. The minimum atomic E-state index is -3.55. The molecule has 33 heavy (non-hydrogen) atoms. The number of rotatable bonds is 6. The van der Waals surface area contributed by atoms with Gasteiger partial charge in [-0.15, -0.1) is 0 Å². The summed E-state index contributed by atoms with van der Waals surface area (Å²) < 4.78 is 47.2. The second-order valence-corrected chi connectivity index (χ2v) is 11.2. The minimum absolute atomic E-state index is 0.104. The summed E-state index contributed by atoms with van der Waals surface area (Å²) in [6.45, 7) is 2.03. The van der Waals surface area contributed by atoms with E-state index in [1.165, 1.54) is 39.9 Å². The average Bonchev–Trinajstić information content (AvgIpc) is 3.58. The molecule has 1 aromatic heterocycles. The Morgan fingerprint density at radius 1 is 1.15 bits per heavy atom. The van der Waals surface area contributed by atoms with Gasteiger partial charge in [0.2, 0.25) is 10.0 Å². The van der Waals surface area contributed by atoms with Gasteiger partial charge in [-0.1, -0.05) is 11.3 Å². The topological polar surface area (TPSA) is 79.8 Å². The molecule has 2 aromatic carbocycles. The Balaban J connectivity index is 1.44. The zero-order valence-corrected chi connectivity index (χ0v) is 19.6. The molecule has 2 aliphatic heterocycles. The van der Waals surface area contributed by atoms with Crippen LogP contribution in [0.4, 0.5) is 9.52 Å². The summed E-state index contributed by atoms with van der Waals surface area (Å²) in [4.78, 5) is 19.8. The molecule has 0 N–H and O–H groups in total. The van der Waals surface area contributed by atoms with E-state index < -0.39 is 10.0 Å². The van der Waals surface area contributed by atoms with Crippen molar-refractivity contribution in [2.45, 2.75) is 36.7 Å². The molecule has 3 aromatic rings. The summed E-state index contributed by atoms with van der Waals surface area (Å²) >= 11 is 1.25. The highest BCUT2D eigenvalue weighted by atomic mass is 32.2. The van der Waals surface area contributed by atoms with Gasteiger partial charge in [-0.05, 0) is 68.1 Å². The van der Waals surface area contributed by atoms with Gasteiger partial charge in [0.25, 0.3) is 5.91 Å². The van der Waals surface area contributed by atoms with Gasteiger partial charge in [0, 0.05) is 25.3 Å². The molecule has 3 heterocycles. The van der Waals surface area contributed by atoms with Crippen molar-refractivity contribution in [3.05, 3.63) is 53.8 Å². The van der Waals surface area contributed by atoms with Crippen LogP contribution >= 0.6 is 11.3 Å². The van der Waals surface area contributed by atoms with E-state index in [1.54, 1.807) is 23.1 Å². The number of fused-ring (bicyclic) bond motifs is 1. The Labute approximate surface area is 195 Å². The number of nitrogens with zero attached hydrogens (tertiary/aromatic N) is 3. The summed E-state index contributed by atoms with van der Waals surface area (Å²) in [5.41, 5.74) is 0.979. The lowest BCUT2D eigenvalue weighted by molar-refractivity contribution is 0.0917. The molecule has 2 saturated heterocycles. The molecule has 2 aliphatic rings. The Hall–Kier alpha value is -2.40. The van der Waals surface area contributed by atoms with Gasteiger partial charge in [-0.3, -0.25) is 9.69 Å². The van der Waals surface area contributed by atoms with Gasteiger partial charge in [0.1, 0.15) is 5.82 Å². The third kappa shape index (κ3) is 4.52. The van der Waals surface area contributed by atoms with Gasteiger partial charge >= 0.3 is 0 Å². The zero-order chi connectivity index (χ0) is 23.0. The average molecular weight is 490 g/mol. The van der Waals surface area contributed by atoms with Crippen LogP contribution in [0.15, 0.2) is 47.4 Å². The van der Waals surface area contributed by atoms with Crippen molar-refractivity contribution in [1.82, 2.24) is 9.29 Å². The molecule has 7 nitrogen and oxygen atoms in total. The first-order valence-electron chi connectivity index (χ1n) is 11.0. The number of benzene rings is 2. The molecule has 0 spiro atoms. The summed E-state index contributed by atoms with van der Waals surface area (Å²) in [6.07, 6.45) is 3.39. The number of anilines is 1. The van der Waals surface area contributed by atoms with Crippen molar-refractivity contribution in [2.75, 3.05) is 31.1 Å². The monoisotopic (exact) mass is 489 g/mol. The molecular weight excluding hydrogens is 465 g/mol. The van der Waals surface area contributed by atoms with Crippen molar-refractivity contribution in [3.63, 3.8) is 0 Å². The molecule has 5 rings (SSSR count). The zero-order valence-electron chi connectivity index (χ0n) is 17.9. The highest BCUT2D eigenvalue weighted by Crippen LogP contribution is 2.31. The Morgan fingerprint density at radius 3 is 2.61 bits per heavy atom. The maximum atomic E-state index is 13.7. The van der Waals surface area contributed by atoms with Crippen LogP contribution in [-0.2, 0) is 14.8 Å². The molecule has 2 fully saturated rings. The Bertz CT molecular complexity index is 1260. The SMILES string of the molecule is O=C(c1ccc(S(=O)(=O)N2CCCC2)cc1)N(CC1CCCO1)c1nc2ccc(F)cc2s1. The van der Waals surface area contributed by atoms with Crippen LogP contribution < -0.4 is 4.90 Å². The Kier molecular flexibility index (Phi) is 6.17. The predicted octanol–water partition coefficient (Wildman–Crippen LogP) is 4.05. The lowest BCUT2D eigenvalue weighted by Crippen LogP contribution is -2.37. The fourth-order valence-electron chi connectivity index (χ4n) is 4.24. The first-order valence-corrected chi connectivity index (χ1v) is 13.3. The van der Waals surface area contributed by atoms with E-state index in [4.69, 9.17) is 4.74 Å². The predicted molar refractivity (Wildman–Crippen MR) is 125 cm³/mol. The summed E-state index contributed by atoms with van der Waals surface area (Å²) in [6, 6.07) is 10.4. The second-order valence-electron chi connectivity index (χ2n) is 8.29. The number of carbonyl (C=O) groups excluding carboxylic acids is 1. The number of hydrogen-bond acceptors (Lipinski definition) is 6. The third-order valence-electron chi connectivity index (χ3n) is 6.03. The van der Waals surface area contributed by atoms with E-state index in [2.05, 4.69) is 4.98 Å². The first kappa shape index (κ1) is 22.4. The van der Waals surface area contributed by atoms with Gasteiger partial charge in [0.15, 0.2) is 5.13 Å². The second kappa shape index (κ2) is 9.09. The summed E-state index contributed by atoms with van der Waals surface area (Å²) in [5.74, 6) is -0.653. The summed E-state index contributed by atoms with van der Waals surface area (Å²) in [7, 11) is -3.55. The van der Waals surface area contributed by atoms with E-state index in [0.29, 0.717) is 47.2 Å². The quantitative estimate of drug-likeness (QED) is 0.522. The third-order valence-corrected chi connectivity index (χ3v) is 8.98. The molecule has 0 radical (unpaired) electrons. The molecule has 10 heteroatoms. The molecule has 1 atom stereocenters. The van der Waals surface area contributed by atoms with Crippen LogP contribution in [0, 0.1) is 5.82 Å². The number of aromatic nitrogens is 1. The van der Waals surface area contributed by atoms with E-state index in [0.717, 1.165) is 25.7 Å². The van der Waals surface area contributed by atoms with Crippen molar-refractivity contribution in [3.8, 4) is 0 Å². The Morgan fingerprint density at radius 2 is 1.91 bits per heavy atom. The lowest BCUT2D eigenvalue weighted by Gasteiger charge is -2.23. The summed E-state index contributed by atoms with van der Waals surface area (Å²) in [5, 5.41) is 0.463. The number of halogens is 1. The van der Waals surface area contributed by atoms with Crippen molar-refractivity contribution in [1.29, 1.82) is 0 Å². The maximum absolute atomic E-state index is 13.7. The molecule has 0 saturated carbocycles. The first-order chi connectivity index (χ1) is 15.9. The van der Waals surface area contributed by atoms with Crippen LogP contribution in [-0.4, -0.2) is 56.0 Å². The number of carbonyl (C=O) groups is 1. The molecular formula is C23H24FN3O4S2. The van der Waals surface area contributed by atoms with Crippen molar-refractivity contribution < 1.29 is 22.3 Å². The van der Waals surface area contributed by atoms with Crippen LogP contribution in [0.2, 0.25) is 0 Å². The molecule has 0 bridgehead atoms. The van der Waals surface area contributed by atoms with Gasteiger partial charge in [0.05, 0.1) is 27.8 Å². The minimum Gasteiger partial charge on any atom is -0.376 e. The van der Waals surface area contributed by atoms with Crippen molar-refractivity contribution >= 4 is 42.6 Å². The molecule has 1 unspecified atom stereocenters. The molecule has 1 amide bonds. The number of amides is 1. The van der Waals surface area contributed by atoms with E-state index in [1.807, 2.05) is 0 Å². The highest BCUT2D eigenvalue weighted by Gasteiger charge is 2.29. The smallest absolute Gasteiger partial charge is 0.260 e. The number of ether oxygens (including phenoxy) is 1. The standard InChI is InChI=1S/C23H24FN3O4S2/c24-17-7-10-20-21(14-17)32-23(25-20)27(15-18-4-3-13-31-18)22(28)16-5-8-19(9-6-16)33(29,30)26-11-1-2-12-26/h5-10,14,18H,1-4,11-13,15H2. The van der Waals surface area contributed by atoms with Gasteiger partial charge in [-0.2, -0.15) is 4.31 Å². The van der Waals surface area contributed by atoms with Crippen LogP contribution in [0.1, 0.15) is 36.0 Å². The van der Waals surface area contributed by atoms with E-state index in [-0.39, 0.29) is 22.7 Å². The van der Waals surface area contributed by atoms with Crippen LogP contribution in [0.5, 0.6) is 0 Å². The van der Waals surface area contributed by atoms with Crippen molar-refractivity contribution in [2.24, 2.45) is 0 Å². The highest BCUT2D eigenvalue weighted by molar-refractivity contribution is 7.89. The normalized spacial score (nSPS) is 19.4. The maximum Gasteiger partial charge on any atom is 0.260 e. The van der Waals surface area contributed by atoms with Crippen LogP contribution in [0.25, 0.3) is 10.2 Å². The number of sulfonamides is 1. The van der Waals surface area contributed by atoms with Gasteiger partial charge < -0.3 is 4.74 Å². The number of thiazole rings is 1. The van der Waals surface area contributed by atoms with Crippen LogP contribution in [0.3, 0.4) is 0 Å².